The van der Waals surface area contributed by atoms with Crippen molar-refractivity contribution in [3.05, 3.63) is 57.0 Å². The molecule has 146 valence electrons. The average Bonchev–Trinajstić information content (AvgIpc) is 3.00. The van der Waals surface area contributed by atoms with Crippen LogP contribution in [0, 0.1) is 12.8 Å². The summed E-state index contributed by atoms with van der Waals surface area (Å²) in [4.78, 5) is 42.9. The van der Waals surface area contributed by atoms with E-state index in [2.05, 4.69) is 15.6 Å². The number of benzene rings is 1. The molecule has 2 heterocycles. The molecule has 0 aliphatic carbocycles. The molecule has 8 heteroatoms. The van der Waals surface area contributed by atoms with Crippen LogP contribution in [0.3, 0.4) is 0 Å². The molecule has 0 radical (unpaired) electrons. The Kier molecular flexibility index (Phi) is 5.60. The lowest BCUT2D eigenvalue weighted by Gasteiger charge is -2.12. The lowest BCUT2D eigenvalue weighted by Crippen LogP contribution is -2.28. The molecular formula is C20H22N4O3S. The fourth-order valence-electron chi connectivity index (χ4n) is 2.79. The van der Waals surface area contributed by atoms with E-state index in [1.807, 2.05) is 13.8 Å². The SMILES string of the molecule is Cc1c(C(=O)Nc2ccccc2C(=O)NCC(C)C)sc2ncn(C)c(=O)c12. The topological polar surface area (TPSA) is 93.1 Å². The second-order valence-electron chi connectivity index (χ2n) is 7.00. The molecule has 2 amide bonds. The van der Waals surface area contributed by atoms with Crippen LogP contribution in [0.4, 0.5) is 5.69 Å². The Balaban J connectivity index is 1.91. The summed E-state index contributed by atoms with van der Waals surface area (Å²) in [6.45, 7) is 6.30. The van der Waals surface area contributed by atoms with Crippen molar-refractivity contribution >= 4 is 39.1 Å². The van der Waals surface area contributed by atoms with Gasteiger partial charge in [0.15, 0.2) is 0 Å². The number of aromatic nitrogens is 2. The predicted octanol–water partition coefficient (Wildman–Crippen LogP) is 2.94. The van der Waals surface area contributed by atoms with E-state index >= 15 is 0 Å². The van der Waals surface area contributed by atoms with Crippen LogP contribution in [0.2, 0.25) is 0 Å². The Hall–Kier alpha value is -3.00. The Morgan fingerprint density at radius 2 is 1.93 bits per heavy atom. The lowest BCUT2D eigenvalue weighted by atomic mass is 10.1. The van der Waals surface area contributed by atoms with E-state index in [1.165, 1.54) is 22.2 Å². The number of hydrogen-bond acceptors (Lipinski definition) is 5. The number of amides is 2. The molecule has 0 unspecified atom stereocenters. The molecule has 0 fully saturated rings. The minimum absolute atomic E-state index is 0.189. The first-order valence-corrected chi connectivity index (χ1v) is 9.74. The van der Waals surface area contributed by atoms with Crippen molar-refractivity contribution < 1.29 is 9.59 Å². The van der Waals surface area contributed by atoms with Gasteiger partial charge >= 0.3 is 0 Å². The van der Waals surface area contributed by atoms with Crippen LogP contribution < -0.4 is 16.2 Å². The van der Waals surface area contributed by atoms with Crippen molar-refractivity contribution in [1.29, 1.82) is 0 Å². The number of nitrogens with zero attached hydrogens (tertiary/aromatic N) is 2. The smallest absolute Gasteiger partial charge is 0.266 e. The highest BCUT2D eigenvalue weighted by molar-refractivity contribution is 7.20. The van der Waals surface area contributed by atoms with Crippen molar-refractivity contribution in [3.8, 4) is 0 Å². The number of anilines is 1. The van der Waals surface area contributed by atoms with Crippen LogP contribution >= 0.6 is 11.3 Å². The van der Waals surface area contributed by atoms with Gasteiger partial charge in [-0.3, -0.25) is 14.4 Å². The minimum Gasteiger partial charge on any atom is -0.352 e. The van der Waals surface area contributed by atoms with Crippen LogP contribution in [0.25, 0.3) is 10.2 Å². The summed E-state index contributed by atoms with van der Waals surface area (Å²) in [6.07, 6.45) is 1.44. The summed E-state index contributed by atoms with van der Waals surface area (Å²) in [5, 5.41) is 6.11. The highest BCUT2D eigenvalue weighted by Gasteiger charge is 2.21. The number of carbonyl (C=O) groups excluding carboxylic acids is 2. The van der Waals surface area contributed by atoms with E-state index in [9.17, 15) is 14.4 Å². The molecule has 3 aromatic rings. The highest BCUT2D eigenvalue weighted by atomic mass is 32.1. The minimum atomic E-state index is -0.369. The maximum absolute atomic E-state index is 12.9. The van der Waals surface area contributed by atoms with Crippen molar-refractivity contribution in [2.45, 2.75) is 20.8 Å². The van der Waals surface area contributed by atoms with Crippen molar-refractivity contribution in [2.24, 2.45) is 13.0 Å². The number of aryl methyl sites for hydroxylation is 2. The summed E-state index contributed by atoms with van der Waals surface area (Å²) in [6, 6.07) is 6.85. The molecule has 7 nitrogen and oxygen atoms in total. The van der Waals surface area contributed by atoms with E-state index in [0.29, 0.717) is 44.4 Å². The number of hydrogen-bond donors (Lipinski definition) is 2. The number of nitrogens with one attached hydrogen (secondary N) is 2. The second kappa shape index (κ2) is 7.93. The van der Waals surface area contributed by atoms with Gasteiger partial charge < -0.3 is 15.2 Å². The van der Waals surface area contributed by atoms with Gasteiger partial charge in [0.05, 0.1) is 27.8 Å². The summed E-state index contributed by atoms with van der Waals surface area (Å²) >= 11 is 1.17. The third kappa shape index (κ3) is 3.82. The van der Waals surface area contributed by atoms with Crippen LogP contribution in [0.15, 0.2) is 35.4 Å². The monoisotopic (exact) mass is 398 g/mol. The first-order valence-electron chi connectivity index (χ1n) is 8.93. The first-order chi connectivity index (χ1) is 13.3. The third-order valence-electron chi connectivity index (χ3n) is 4.31. The van der Waals surface area contributed by atoms with Crippen LogP contribution in [-0.4, -0.2) is 27.9 Å². The van der Waals surface area contributed by atoms with Crippen LogP contribution in [0.1, 0.15) is 39.4 Å². The molecular weight excluding hydrogens is 376 g/mol. The van der Waals surface area contributed by atoms with Gasteiger partial charge in [0.1, 0.15) is 4.83 Å². The van der Waals surface area contributed by atoms with Gasteiger partial charge in [0.25, 0.3) is 17.4 Å². The zero-order valence-corrected chi connectivity index (χ0v) is 17.0. The molecule has 3 rings (SSSR count). The van der Waals surface area contributed by atoms with Crippen molar-refractivity contribution in [3.63, 3.8) is 0 Å². The Morgan fingerprint density at radius 3 is 2.64 bits per heavy atom. The molecule has 0 saturated carbocycles. The molecule has 0 aliphatic rings. The van der Waals surface area contributed by atoms with Gasteiger partial charge in [-0.1, -0.05) is 26.0 Å². The molecule has 0 saturated heterocycles. The fourth-order valence-corrected chi connectivity index (χ4v) is 3.82. The Labute approximate surface area is 166 Å². The van der Waals surface area contributed by atoms with Gasteiger partial charge in [-0.15, -0.1) is 11.3 Å². The molecule has 2 aromatic heterocycles. The van der Waals surface area contributed by atoms with Crippen molar-refractivity contribution in [1.82, 2.24) is 14.9 Å². The molecule has 0 bridgehead atoms. The summed E-state index contributed by atoms with van der Waals surface area (Å²) in [7, 11) is 1.62. The maximum atomic E-state index is 12.9. The third-order valence-corrected chi connectivity index (χ3v) is 5.51. The normalized spacial score (nSPS) is 11.0. The number of fused-ring (bicyclic) bond motifs is 1. The molecule has 0 atom stereocenters. The molecule has 0 aliphatic heterocycles. The second-order valence-corrected chi connectivity index (χ2v) is 8.00. The fraction of sp³-hybridized carbons (Fsp3) is 0.300. The number of rotatable bonds is 5. The molecule has 2 N–H and O–H groups in total. The number of carbonyl (C=O) groups is 2. The van der Waals surface area contributed by atoms with E-state index in [4.69, 9.17) is 0 Å². The number of thiophene rings is 1. The molecule has 1 aromatic carbocycles. The average molecular weight is 398 g/mol. The summed E-state index contributed by atoms with van der Waals surface area (Å²) in [5.41, 5.74) is 1.22. The zero-order chi connectivity index (χ0) is 20.4. The standard InChI is InChI=1S/C20H22N4O3S/c1-11(2)9-21-17(25)13-7-5-6-8-14(13)23-18(26)16-12(3)15-19(28-16)22-10-24(4)20(15)27/h5-8,10-11H,9H2,1-4H3,(H,21,25)(H,23,26). The first kappa shape index (κ1) is 19.8. The van der Waals surface area contributed by atoms with E-state index in [0.717, 1.165) is 0 Å². The molecule has 28 heavy (non-hydrogen) atoms. The quantitative estimate of drug-likeness (QED) is 0.691. The Morgan fingerprint density at radius 1 is 1.21 bits per heavy atom. The van der Waals surface area contributed by atoms with Gasteiger partial charge in [-0.05, 0) is 30.5 Å². The van der Waals surface area contributed by atoms with Crippen LogP contribution in [-0.2, 0) is 7.05 Å². The van der Waals surface area contributed by atoms with Gasteiger partial charge in [-0.2, -0.15) is 0 Å². The van der Waals surface area contributed by atoms with Gasteiger partial charge in [-0.25, -0.2) is 4.98 Å². The zero-order valence-electron chi connectivity index (χ0n) is 16.2. The highest BCUT2D eigenvalue weighted by Crippen LogP contribution is 2.28. The van der Waals surface area contributed by atoms with Gasteiger partial charge in [0, 0.05) is 13.6 Å². The summed E-state index contributed by atoms with van der Waals surface area (Å²) < 4.78 is 1.39. The maximum Gasteiger partial charge on any atom is 0.266 e. The van der Waals surface area contributed by atoms with E-state index < -0.39 is 0 Å². The molecule has 0 spiro atoms. The van der Waals surface area contributed by atoms with E-state index in [-0.39, 0.29) is 17.4 Å². The van der Waals surface area contributed by atoms with Crippen LogP contribution in [0.5, 0.6) is 0 Å². The van der Waals surface area contributed by atoms with E-state index in [1.54, 1.807) is 38.2 Å². The van der Waals surface area contributed by atoms with Crippen molar-refractivity contribution in [2.75, 3.05) is 11.9 Å². The summed E-state index contributed by atoms with van der Waals surface area (Å²) in [5.74, 6) is -0.290. The number of para-hydroxylation sites is 1. The van der Waals surface area contributed by atoms with Gasteiger partial charge in [0.2, 0.25) is 0 Å². The Bertz CT molecular complexity index is 1110. The largest absolute Gasteiger partial charge is 0.352 e. The lowest BCUT2D eigenvalue weighted by molar-refractivity contribution is 0.0950. The predicted molar refractivity (Wildman–Crippen MR) is 111 cm³/mol.